The molecule has 0 saturated carbocycles. The Bertz CT molecular complexity index is 791. The fourth-order valence-electron chi connectivity index (χ4n) is 3.59. The van der Waals surface area contributed by atoms with Gasteiger partial charge < -0.3 is 14.4 Å². The first-order valence-electron chi connectivity index (χ1n) is 8.93. The van der Waals surface area contributed by atoms with Gasteiger partial charge in [-0.15, -0.1) is 0 Å². The van der Waals surface area contributed by atoms with Gasteiger partial charge in [0, 0.05) is 23.8 Å². The summed E-state index contributed by atoms with van der Waals surface area (Å²) in [7, 11) is 3.25. The lowest BCUT2D eigenvalue weighted by atomic mass is 10.1. The third-order valence-corrected chi connectivity index (χ3v) is 4.92. The summed E-state index contributed by atoms with van der Waals surface area (Å²) in [6.07, 6.45) is 0.911. The van der Waals surface area contributed by atoms with Crippen LogP contribution in [0.4, 0.5) is 5.69 Å². The molecule has 5 heteroatoms. The average Bonchev–Trinajstić information content (AvgIpc) is 3.10. The zero-order chi connectivity index (χ0) is 18.7. The first kappa shape index (κ1) is 18.3. The number of methoxy groups -OCH3 is 2. The van der Waals surface area contributed by atoms with Crippen molar-refractivity contribution in [3.8, 4) is 11.5 Å². The van der Waals surface area contributed by atoms with Gasteiger partial charge in [0.2, 0.25) is 5.91 Å². The Balaban J connectivity index is 1.74. The van der Waals surface area contributed by atoms with Crippen LogP contribution < -0.4 is 19.7 Å². The number of para-hydroxylation sites is 2. The van der Waals surface area contributed by atoms with Crippen molar-refractivity contribution in [1.29, 1.82) is 0 Å². The third kappa shape index (κ3) is 3.40. The predicted molar refractivity (Wildman–Crippen MR) is 103 cm³/mol. The van der Waals surface area contributed by atoms with Crippen LogP contribution in [0.15, 0.2) is 42.5 Å². The highest BCUT2D eigenvalue weighted by Gasteiger charge is 2.29. The van der Waals surface area contributed by atoms with E-state index < -0.39 is 0 Å². The topological polar surface area (TPSA) is 50.8 Å². The fraction of sp³-hybridized carbons (Fsp3) is 0.381. The molecule has 0 fully saturated rings. The molecule has 1 aliphatic rings. The van der Waals surface area contributed by atoms with Crippen LogP contribution in [0.5, 0.6) is 11.5 Å². The van der Waals surface area contributed by atoms with E-state index in [9.17, 15) is 4.79 Å². The fourth-order valence-corrected chi connectivity index (χ4v) is 3.59. The van der Waals surface area contributed by atoms with Crippen LogP contribution in [-0.2, 0) is 11.2 Å². The maximum atomic E-state index is 13.0. The van der Waals surface area contributed by atoms with Gasteiger partial charge in [-0.2, -0.15) is 0 Å². The molecule has 0 radical (unpaired) electrons. The number of hydrogen-bond acceptors (Lipinski definition) is 4. The van der Waals surface area contributed by atoms with Crippen LogP contribution in [0.2, 0.25) is 0 Å². The molecule has 1 amide bonds. The minimum absolute atomic E-state index is 0.0585. The molecule has 0 bridgehead atoms. The number of amides is 1. The second-order valence-electron chi connectivity index (χ2n) is 6.56. The van der Waals surface area contributed by atoms with Crippen LogP contribution in [0.3, 0.4) is 0 Å². The van der Waals surface area contributed by atoms with Gasteiger partial charge in [0.05, 0.1) is 20.3 Å². The van der Waals surface area contributed by atoms with E-state index in [1.807, 2.05) is 55.1 Å². The van der Waals surface area contributed by atoms with Gasteiger partial charge in [0.1, 0.15) is 0 Å². The number of hydrogen-bond donors (Lipinski definition) is 1. The van der Waals surface area contributed by atoms with Gasteiger partial charge >= 0.3 is 0 Å². The highest BCUT2D eigenvalue weighted by molar-refractivity contribution is 5.98. The molecule has 0 aliphatic carbocycles. The number of carbonyl (C=O) groups is 1. The normalized spacial score (nSPS) is 15.3. The van der Waals surface area contributed by atoms with E-state index in [1.54, 1.807) is 14.2 Å². The van der Waals surface area contributed by atoms with Gasteiger partial charge in [-0.25, -0.2) is 0 Å². The lowest BCUT2D eigenvalue weighted by molar-refractivity contribution is -0.120. The van der Waals surface area contributed by atoms with Gasteiger partial charge in [-0.3, -0.25) is 10.1 Å². The summed E-state index contributed by atoms with van der Waals surface area (Å²) in [5, 5.41) is 3.40. The smallest absolute Gasteiger partial charge is 0.243 e. The summed E-state index contributed by atoms with van der Waals surface area (Å²) in [6.45, 7) is 4.67. The van der Waals surface area contributed by atoms with Gasteiger partial charge in [0.15, 0.2) is 11.5 Å². The molecule has 0 spiro atoms. The quantitative estimate of drug-likeness (QED) is 0.864. The molecule has 26 heavy (non-hydrogen) atoms. The molecule has 1 aliphatic heterocycles. The lowest BCUT2D eigenvalue weighted by Gasteiger charge is -2.26. The average molecular weight is 354 g/mol. The largest absolute Gasteiger partial charge is 0.493 e. The van der Waals surface area contributed by atoms with Crippen molar-refractivity contribution in [2.45, 2.75) is 32.4 Å². The van der Waals surface area contributed by atoms with E-state index in [2.05, 4.69) is 11.4 Å². The highest BCUT2D eigenvalue weighted by atomic mass is 16.5. The molecule has 1 N–H and O–H groups in total. The first-order valence-corrected chi connectivity index (χ1v) is 8.93. The monoisotopic (exact) mass is 354 g/mol. The second-order valence-corrected chi connectivity index (χ2v) is 6.56. The number of rotatable bonds is 6. The van der Waals surface area contributed by atoms with Crippen molar-refractivity contribution in [3.05, 3.63) is 53.6 Å². The summed E-state index contributed by atoms with van der Waals surface area (Å²) in [6, 6.07) is 13.5. The number of ether oxygens (including phenoxy) is 2. The van der Waals surface area contributed by atoms with Crippen LogP contribution in [0.25, 0.3) is 0 Å². The van der Waals surface area contributed by atoms with Crippen molar-refractivity contribution in [2.75, 3.05) is 25.7 Å². The Morgan fingerprint density at radius 3 is 2.58 bits per heavy atom. The number of fused-ring (bicyclic) bond motifs is 1. The summed E-state index contributed by atoms with van der Waals surface area (Å²) in [5.41, 5.74) is 3.22. The minimum atomic E-state index is -0.313. The number of carbonyl (C=O) groups excluding carboxylic acids is 1. The molecule has 0 saturated heterocycles. The van der Waals surface area contributed by atoms with Crippen molar-refractivity contribution in [3.63, 3.8) is 0 Å². The summed E-state index contributed by atoms with van der Waals surface area (Å²) in [4.78, 5) is 14.8. The summed E-state index contributed by atoms with van der Waals surface area (Å²) in [5.74, 6) is 1.47. The Morgan fingerprint density at radius 2 is 1.85 bits per heavy atom. The Labute approximate surface area is 154 Å². The lowest BCUT2D eigenvalue weighted by Crippen LogP contribution is -2.45. The van der Waals surface area contributed by atoms with Crippen LogP contribution in [0.1, 0.15) is 31.0 Å². The zero-order valence-corrected chi connectivity index (χ0v) is 15.8. The number of nitrogens with zero attached hydrogens (tertiary/aromatic N) is 1. The molecule has 2 aromatic rings. The van der Waals surface area contributed by atoms with Crippen molar-refractivity contribution < 1.29 is 14.3 Å². The molecule has 3 rings (SSSR count). The van der Waals surface area contributed by atoms with Crippen LogP contribution >= 0.6 is 0 Å². The first-order chi connectivity index (χ1) is 12.6. The Kier molecular flexibility index (Phi) is 5.47. The molecule has 2 atom stereocenters. The molecule has 2 unspecified atom stereocenters. The van der Waals surface area contributed by atoms with Crippen molar-refractivity contribution >= 4 is 11.6 Å². The van der Waals surface area contributed by atoms with E-state index in [0.717, 1.165) is 24.2 Å². The standard InChI is InChI=1S/C21H26N2O3/c1-14(17-9-7-11-19(25-3)20(17)26-4)22-15(2)21(24)23-13-12-16-8-5-6-10-18(16)23/h5-11,14-15,22H,12-13H2,1-4H3. The second kappa shape index (κ2) is 7.79. The predicted octanol–water partition coefficient (Wildman–Crippen LogP) is 3.33. The number of nitrogens with one attached hydrogen (secondary N) is 1. The number of anilines is 1. The molecular formula is C21H26N2O3. The van der Waals surface area contributed by atoms with E-state index in [1.165, 1.54) is 5.56 Å². The maximum Gasteiger partial charge on any atom is 0.243 e. The summed E-state index contributed by atoms with van der Waals surface area (Å²) >= 11 is 0. The highest BCUT2D eigenvalue weighted by Crippen LogP contribution is 2.35. The maximum absolute atomic E-state index is 13.0. The zero-order valence-electron chi connectivity index (χ0n) is 15.8. The Hall–Kier alpha value is -2.53. The molecule has 2 aromatic carbocycles. The molecule has 138 valence electrons. The Morgan fingerprint density at radius 1 is 1.08 bits per heavy atom. The van der Waals surface area contributed by atoms with E-state index in [-0.39, 0.29) is 18.0 Å². The summed E-state index contributed by atoms with van der Waals surface area (Å²) < 4.78 is 10.9. The SMILES string of the molecule is COc1cccc(C(C)NC(C)C(=O)N2CCc3ccccc32)c1OC. The molecule has 0 aromatic heterocycles. The van der Waals surface area contributed by atoms with Gasteiger partial charge in [0.25, 0.3) is 0 Å². The van der Waals surface area contributed by atoms with Crippen LogP contribution in [-0.4, -0.2) is 32.7 Å². The molecule has 5 nitrogen and oxygen atoms in total. The van der Waals surface area contributed by atoms with E-state index in [4.69, 9.17) is 9.47 Å². The van der Waals surface area contributed by atoms with E-state index >= 15 is 0 Å². The van der Waals surface area contributed by atoms with Gasteiger partial charge in [-0.1, -0.05) is 30.3 Å². The van der Waals surface area contributed by atoms with Crippen molar-refractivity contribution in [2.24, 2.45) is 0 Å². The van der Waals surface area contributed by atoms with E-state index in [0.29, 0.717) is 11.5 Å². The van der Waals surface area contributed by atoms with Gasteiger partial charge in [-0.05, 0) is 38.0 Å². The van der Waals surface area contributed by atoms with Crippen LogP contribution in [0, 0.1) is 0 Å². The molecular weight excluding hydrogens is 328 g/mol. The molecule has 1 heterocycles. The number of benzene rings is 2. The van der Waals surface area contributed by atoms with Crippen molar-refractivity contribution in [1.82, 2.24) is 5.32 Å². The third-order valence-electron chi connectivity index (χ3n) is 4.92. The minimum Gasteiger partial charge on any atom is -0.493 e.